The van der Waals surface area contributed by atoms with Crippen molar-refractivity contribution in [3.05, 3.63) is 24.3 Å². The number of piperidine rings is 1. The first-order chi connectivity index (χ1) is 9.49. The second-order valence-electron chi connectivity index (χ2n) is 5.42. The Morgan fingerprint density at radius 1 is 1.25 bits per heavy atom. The molecule has 1 heterocycles. The van der Waals surface area contributed by atoms with Crippen molar-refractivity contribution in [3.63, 3.8) is 0 Å². The van der Waals surface area contributed by atoms with Gasteiger partial charge in [-0.15, -0.1) is 0 Å². The highest BCUT2D eigenvalue weighted by Crippen LogP contribution is 2.17. The molecule has 1 atom stereocenters. The number of nitrogens with one attached hydrogen (secondary N) is 1. The highest BCUT2D eigenvalue weighted by Gasteiger charge is 2.21. The summed E-state index contributed by atoms with van der Waals surface area (Å²) >= 11 is 0. The Morgan fingerprint density at radius 2 is 1.90 bits per heavy atom. The van der Waals surface area contributed by atoms with E-state index in [2.05, 4.69) is 9.62 Å². The van der Waals surface area contributed by atoms with Gasteiger partial charge in [-0.05, 0) is 45.0 Å². The van der Waals surface area contributed by atoms with E-state index in [1.54, 1.807) is 18.2 Å². The van der Waals surface area contributed by atoms with E-state index in [4.69, 9.17) is 5.73 Å². The minimum Gasteiger partial charge on any atom is -0.398 e. The first-order valence-electron chi connectivity index (χ1n) is 7.08. The molecule has 20 heavy (non-hydrogen) atoms. The molecule has 0 aromatic heterocycles. The molecule has 0 radical (unpaired) electrons. The molecule has 1 aliphatic heterocycles. The third kappa shape index (κ3) is 3.94. The Hall–Kier alpha value is -1.11. The Balaban J connectivity index is 1.99. The van der Waals surface area contributed by atoms with Crippen molar-refractivity contribution in [1.82, 2.24) is 9.62 Å². The number of anilines is 1. The molecule has 1 aromatic rings. The summed E-state index contributed by atoms with van der Waals surface area (Å²) in [6, 6.07) is 6.42. The molecular formula is C14H23N3O2S. The van der Waals surface area contributed by atoms with Gasteiger partial charge in [0.1, 0.15) is 4.90 Å². The summed E-state index contributed by atoms with van der Waals surface area (Å²) in [5.74, 6) is 0. The van der Waals surface area contributed by atoms with E-state index in [0.717, 1.165) is 19.6 Å². The van der Waals surface area contributed by atoms with E-state index in [1.165, 1.54) is 25.3 Å². The van der Waals surface area contributed by atoms with Gasteiger partial charge in [-0.3, -0.25) is 0 Å². The average molecular weight is 297 g/mol. The molecule has 5 nitrogen and oxygen atoms in total. The van der Waals surface area contributed by atoms with Crippen molar-refractivity contribution in [1.29, 1.82) is 0 Å². The van der Waals surface area contributed by atoms with Crippen molar-refractivity contribution in [2.24, 2.45) is 0 Å². The Labute approximate surface area is 121 Å². The maximum Gasteiger partial charge on any atom is 0.242 e. The van der Waals surface area contributed by atoms with E-state index >= 15 is 0 Å². The van der Waals surface area contributed by atoms with E-state index in [0.29, 0.717) is 0 Å². The number of nitrogens with two attached hydrogens (primary N) is 1. The lowest BCUT2D eigenvalue weighted by atomic mass is 10.1. The maximum absolute atomic E-state index is 12.3. The van der Waals surface area contributed by atoms with Crippen LogP contribution in [0, 0.1) is 0 Å². The lowest BCUT2D eigenvalue weighted by Crippen LogP contribution is -2.43. The second-order valence-corrected chi connectivity index (χ2v) is 7.10. The first kappa shape index (κ1) is 15.3. The van der Waals surface area contributed by atoms with Gasteiger partial charge in [-0.1, -0.05) is 18.6 Å². The van der Waals surface area contributed by atoms with Gasteiger partial charge in [0.25, 0.3) is 0 Å². The summed E-state index contributed by atoms with van der Waals surface area (Å²) in [7, 11) is -3.54. The number of benzene rings is 1. The fourth-order valence-corrected chi connectivity index (χ4v) is 3.99. The zero-order chi connectivity index (χ0) is 14.6. The Morgan fingerprint density at radius 3 is 2.55 bits per heavy atom. The average Bonchev–Trinajstić information content (AvgIpc) is 2.39. The van der Waals surface area contributed by atoms with Crippen LogP contribution in [0.15, 0.2) is 29.2 Å². The molecule has 6 heteroatoms. The van der Waals surface area contributed by atoms with Gasteiger partial charge >= 0.3 is 0 Å². The molecule has 0 saturated carbocycles. The van der Waals surface area contributed by atoms with Gasteiger partial charge in [0.2, 0.25) is 10.0 Å². The van der Waals surface area contributed by atoms with Crippen molar-refractivity contribution >= 4 is 15.7 Å². The predicted octanol–water partition coefficient (Wildman–Crippen LogP) is 1.42. The van der Waals surface area contributed by atoms with Crippen LogP contribution in [0.2, 0.25) is 0 Å². The topological polar surface area (TPSA) is 75.4 Å². The molecule has 1 saturated heterocycles. The van der Waals surface area contributed by atoms with Gasteiger partial charge in [0.15, 0.2) is 0 Å². The van der Waals surface area contributed by atoms with E-state index in [-0.39, 0.29) is 16.6 Å². The zero-order valence-electron chi connectivity index (χ0n) is 11.9. The summed E-state index contributed by atoms with van der Waals surface area (Å²) in [4.78, 5) is 2.47. The molecule has 0 aliphatic carbocycles. The van der Waals surface area contributed by atoms with Crippen LogP contribution in [0.25, 0.3) is 0 Å². The third-order valence-corrected chi connectivity index (χ3v) is 5.21. The number of sulfonamides is 1. The summed E-state index contributed by atoms with van der Waals surface area (Å²) in [6.45, 7) is 4.75. The van der Waals surface area contributed by atoms with Crippen LogP contribution >= 0.6 is 0 Å². The van der Waals surface area contributed by atoms with Crippen molar-refractivity contribution in [2.75, 3.05) is 25.4 Å². The molecule has 1 aromatic carbocycles. The number of likely N-dealkylation sites (tertiary alicyclic amines) is 1. The standard InChI is InChI=1S/C14H23N3O2S/c1-12(11-17-9-5-2-6-10-17)16-20(18,19)14-8-4-3-7-13(14)15/h3-4,7-8,12,16H,2,5-6,9-11,15H2,1H3. The second kappa shape index (κ2) is 6.56. The van der Waals surface area contributed by atoms with Gasteiger partial charge in [0, 0.05) is 12.6 Å². The molecule has 0 amide bonds. The number of para-hydroxylation sites is 1. The highest BCUT2D eigenvalue weighted by atomic mass is 32.2. The predicted molar refractivity (Wildman–Crippen MR) is 80.9 cm³/mol. The monoisotopic (exact) mass is 297 g/mol. The molecule has 112 valence electrons. The molecule has 1 fully saturated rings. The number of rotatable bonds is 5. The molecular weight excluding hydrogens is 274 g/mol. The molecule has 2 rings (SSSR count). The summed E-state index contributed by atoms with van der Waals surface area (Å²) in [6.07, 6.45) is 3.67. The van der Waals surface area contributed by atoms with Gasteiger partial charge in [-0.25, -0.2) is 13.1 Å². The largest absolute Gasteiger partial charge is 0.398 e. The van der Waals surface area contributed by atoms with E-state index < -0.39 is 10.0 Å². The fraction of sp³-hybridized carbons (Fsp3) is 0.571. The summed E-state index contributed by atoms with van der Waals surface area (Å²) in [5, 5.41) is 0. The molecule has 0 spiro atoms. The Bertz CT molecular complexity index is 539. The van der Waals surface area contributed by atoms with Gasteiger partial charge in [-0.2, -0.15) is 0 Å². The summed E-state index contributed by atoms with van der Waals surface area (Å²) < 4.78 is 27.3. The summed E-state index contributed by atoms with van der Waals surface area (Å²) in [5.41, 5.74) is 6.02. The number of hydrogen-bond donors (Lipinski definition) is 2. The number of hydrogen-bond acceptors (Lipinski definition) is 4. The lowest BCUT2D eigenvalue weighted by molar-refractivity contribution is 0.215. The fourth-order valence-electron chi connectivity index (χ4n) is 2.62. The van der Waals surface area contributed by atoms with Crippen LogP contribution in [0.1, 0.15) is 26.2 Å². The smallest absolute Gasteiger partial charge is 0.242 e. The minimum atomic E-state index is -3.54. The van der Waals surface area contributed by atoms with Gasteiger partial charge < -0.3 is 10.6 Å². The maximum atomic E-state index is 12.3. The van der Waals surface area contributed by atoms with Crippen molar-refractivity contribution in [3.8, 4) is 0 Å². The van der Waals surface area contributed by atoms with E-state index in [1.807, 2.05) is 6.92 Å². The quantitative estimate of drug-likeness (QED) is 0.806. The minimum absolute atomic E-state index is 0.127. The Kier molecular flexibility index (Phi) is 5.01. The van der Waals surface area contributed by atoms with Crippen molar-refractivity contribution in [2.45, 2.75) is 37.1 Å². The highest BCUT2D eigenvalue weighted by molar-refractivity contribution is 7.89. The SMILES string of the molecule is CC(CN1CCCCC1)NS(=O)(=O)c1ccccc1N. The van der Waals surface area contributed by atoms with Crippen LogP contribution < -0.4 is 10.5 Å². The van der Waals surface area contributed by atoms with Crippen LogP contribution in [-0.4, -0.2) is 39.0 Å². The zero-order valence-corrected chi connectivity index (χ0v) is 12.7. The molecule has 3 N–H and O–H groups in total. The molecule has 1 aliphatic rings. The normalized spacial score (nSPS) is 18.9. The number of nitrogen functional groups attached to an aromatic ring is 1. The molecule has 0 bridgehead atoms. The third-order valence-electron chi connectivity index (χ3n) is 3.55. The van der Waals surface area contributed by atoms with Crippen LogP contribution in [0.3, 0.4) is 0 Å². The van der Waals surface area contributed by atoms with Gasteiger partial charge in [0.05, 0.1) is 5.69 Å². The van der Waals surface area contributed by atoms with Crippen LogP contribution in [0.5, 0.6) is 0 Å². The molecule has 1 unspecified atom stereocenters. The number of nitrogens with zero attached hydrogens (tertiary/aromatic N) is 1. The van der Waals surface area contributed by atoms with Crippen molar-refractivity contribution < 1.29 is 8.42 Å². The van der Waals surface area contributed by atoms with Crippen LogP contribution in [0.4, 0.5) is 5.69 Å². The van der Waals surface area contributed by atoms with E-state index in [9.17, 15) is 8.42 Å². The lowest BCUT2D eigenvalue weighted by Gasteiger charge is -2.29. The first-order valence-corrected chi connectivity index (χ1v) is 8.56. The van der Waals surface area contributed by atoms with Crippen LogP contribution in [-0.2, 0) is 10.0 Å².